The summed E-state index contributed by atoms with van der Waals surface area (Å²) in [5.74, 6) is -0.436. The van der Waals surface area contributed by atoms with Crippen molar-refractivity contribution in [3.05, 3.63) is 51.2 Å². The van der Waals surface area contributed by atoms with Gasteiger partial charge in [0, 0.05) is 17.6 Å². The highest BCUT2D eigenvalue weighted by molar-refractivity contribution is 6.30. The van der Waals surface area contributed by atoms with E-state index in [4.69, 9.17) is 11.6 Å². The molecule has 0 atom stereocenters. The maximum Gasteiger partial charge on any atom is 0.331 e. The third-order valence-electron chi connectivity index (χ3n) is 2.43. The molecule has 0 saturated carbocycles. The molecule has 0 amide bonds. The molecule has 0 spiro atoms. The minimum absolute atomic E-state index is 0.0345. The fourth-order valence-electron chi connectivity index (χ4n) is 1.51. The van der Waals surface area contributed by atoms with Gasteiger partial charge in [0.05, 0.1) is 4.92 Å². The van der Waals surface area contributed by atoms with Crippen molar-refractivity contribution in [1.29, 1.82) is 0 Å². The van der Waals surface area contributed by atoms with E-state index in [2.05, 4.69) is 10.4 Å². The second kappa shape index (κ2) is 5.07. The van der Waals surface area contributed by atoms with Crippen LogP contribution < -0.4 is 5.32 Å². The summed E-state index contributed by atoms with van der Waals surface area (Å²) in [6.07, 6.45) is 1.07. The third kappa shape index (κ3) is 2.55. The largest absolute Gasteiger partial charge is 0.366 e. The number of hydrogen-bond acceptors (Lipinski definition) is 5. The van der Waals surface area contributed by atoms with Crippen molar-refractivity contribution in [2.45, 2.75) is 0 Å². The molecule has 98 valence electrons. The van der Waals surface area contributed by atoms with Gasteiger partial charge in [0.1, 0.15) is 6.20 Å². The third-order valence-corrected chi connectivity index (χ3v) is 2.68. The number of nitrogens with one attached hydrogen (secondary N) is 1. The van der Waals surface area contributed by atoms with Gasteiger partial charge in [0.2, 0.25) is 5.82 Å². The molecule has 1 N–H and O–H groups in total. The van der Waals surface area contributed by atoms with Crippen LogP contribution in [0.15, 0.2) is 30.5 Å². The lowest BCUT2D eigenvalue weighted by atomic mass is 10.2. The Bertz CT molecular complexity index is 636. The molecule has 0 radical (unpaired) electrons. The van der Waals surface area contributed by atoms with Crippen molar-refractivity contribution in [2.24, 2.45) is 0 Å². The fraction of sp³-hybridized carbons (Fsp3) is 0.0909. The highest BCUT2D eigenvalue weighted by Crippen LogP contribution is 2.22. The molecule has 0 fully saturated rings. The maximum atomic E-state index is 12.1. The Labute approximate surface area is 112 Å². The molecule has 19 heavy (non-hydrogen) atoms. The summed E-state index contributed by atoms with van der Waals surface area (Å²) >= 11 is 5.72. The summed E-state index contributed by atoms with van der Waals surface area (Å²) in [6, 6.07) is 6.17. The van der Waals surface area contributed by atoms with E-state index >= 15 is 0 Å². The van der Waals surface area contributed by atoms with E-state index in [9.17, 15) is 14.9 Å². The van der Waals surface area contributed by atoms with E-state index in [1.807, 2.05) is 0 Å². The first-order valence-corrected chi connectivity index (χ1v) is 5.63. The predicted molar refractivity (Wildman–Crippen MR) is 69.6 cm³/mol. The van der Waals surface area contributed by atoms with Crippen molar-refractivity contribution in [2.75, 3.05) is 12.4 Å². The molecule has 1 aromatic heterocycles. The Morgan fingerprint density at radius 2 is 2.05 bits per heavy atom. The lowest BCUT2D eigenvalue weighted by molar-refractivity contribution is -0.384. The minimum Gasteiger partial charge on any atom is -0.366 e. The second-order valence-electron chi connectivity index (χ2n) is 3.63. The van der Waals surface area contributed by atoms with Gasteiger partial charge < -0.3 is 5.32 Å². The Kier molecular flexibility index (Phi) is 3.48. The van der Waals surface area contributed by atoms with E-state index in [0.29, 0.717) is 10.6 Å². The van der Waals surface area contributed by atoms with Crippen LogP contribution in [0.5, 0.6) is 0 Å². The van der Waals surface area contributed by atoms with Crippen LogP contribution in [0.25, 0.3) is 0 Å². The lowest BCUT2D eigenvalue weighted by Gasteiger charge is -1.99. The van der Waals surface area contributed by atoms with Crippen LogP contribution in [0, 0.1) is 10.1 Å². The molecule has 0 aliphatic rings. The summed E-state index contributed by atoms with van der Waals surface area (Å²) in [4.78, 5) is 22.2. The van der Waals surface area contributed by atoms with Gasteiger partial charge in [0.15, 0.2) is 0 Å². The standard InChI is InChI=1S/C11H9ClN4O3/c1-13-10-9(16(18)19)6-15(14-10)11(17)7-2-4-8(12)5-3-7/h2-6H,1H3,(H,13,14). The molecule has 0 aliphatic heterocycles. The van der Waals surface area contributed by atoms with E-state index in [0.717, 1.165) is 10.9 Å². The van der Waals surface area contributed by atoms with Crippen molar-refractivity contribution in [3.63, 3.8) is 0 Å². The first kappa shape index (κ1) is 13.0. The first-order valence-electron chi connectivity index (χ1n) is 5.25. The number of halogens is 1. The Morgan fingerprint density at radius 3 is 2.53 bits per heavy atom. The summed E-state index contributed by atoms with van der Waals surface area (Å²) in [5.41, 5.74) is 0.0780. The van der Waals surface area contributed by atoms with Gasteiger partial charge in [-0.2, -0.15) is 4.68 Å². The molecule has 7 nitrogen and oxygen atoms in total. The van der Waals surface area contributed by atoms with Crippen LogP contribution in [0.3, 0.4) is 0 Å². The zero-order valence-corrected chi connectivity index (χ0v) is 10.6. The molecule has 0 aliphatic carbocycles. The Balaban J connectivity index is 2.39. The zero-order chi connectivity index (χ0) is 14.0. The number of carbonyl (C=O) groups is 1. The van der Waals surface area contributed by atoms with Crippen LogP contribution in [0.4, 0.5) is 11.5 Å². The number of carbonyl (C=O) groups excluding carboxylic acids is 1. The normalized spacial score (nSPS) is 10.2. The minimum atomic E-state index is -0.607. The Hall–Kier alpha value is -2.41. The SMILES string of the molecule is CNc1nn(C(=O)c2ccc(Cl)cc2)cc1[N+](=O)[O-]. The summed E-state index contributed by atoms with van der Waals surface area (Å²) < 4.78 is 0.924. The predicted octanol–water partition coefficient (Wildman–Crippen LogP) is 2.17. The molecule has 0 bridgehead atoms. The van der Waals surface area contributed by atoms with E-state index in [1.54, 1.807) is 12.1 Å². The van der Waals surface area contributed by atoms with Crippen LogP contribution in [-0.4, -0.2) is 27.7 Å². The van der Waals surface area contributed by atoms with Gasteiger partial charge in [-0.15, -0.1) is 5.10 Å². The van der Waals surface area contributed by atoms with E-state index in [1.165, 1.54) is 19.2 Å². The molecular weight excluding hydrogens is 272 g/mol. The number of anilines is 1. The van der Waals surface area contributed by atoms with Gasteiger partial charge in [-0.05, 0) is 24.3 Å². The zero-order valence-electron chi connectivity index (χ0n) is 9.83. The molecular formula is C11H9ClN4O3. The number of benzene rings is 1. The van der Waals surface area contributed by atoms with E-state index in [-0.39, 0.29) is 11.5 Å². The van der Waals surface area contributed by atoms with E-state index < -0.39 is 10.8 Å². The highest BCUT2D eigenvalue weighted by Gasteiger charge is 2.21. The monoisotopic (exact) mass is 280 g/mol. The Morgan fingerprint density at radius 1 is 1.42 bits per heavy atom. The molecule has 8 heteroatoms. The molecule has 1 heterocycles. The van der Waals surface area contributed by atoms with Crippen LogP contribution in [0.2, 0.25) is 5.02 Å². The first-order chi connectivity index (χ1) is 9.02. The lowest BCUT2D eigenvalue weighted by Crippen LogP contribution is -2.12. The number of nitrogens with zero attached hydrogens (tertiary/aromatic N) is 3. The molecule has 0 saturated heterocycles. The second-order valence-corrected chi connectivity index (χ2v) is 4.06. The maximum absolute atomic E-state index is 12.1. The van der Waals surface area contributed by atoms with Crippen LogP contribution in [-0.2, 0) is 0 Å². The topological polar surface area (TPSA) is 90.1 Å². The van der Waals surface area contributed by atoms with Gasteiger partial charge in [-0.25, -0.2) is 0 Å². The van der Waals surface area contributed by atoms with Crippen molar-refractivity contribution < 1.29 is 9.72 Å². The van der Waals surface area contributed by atoms with Crippen molar-refractivity contribution >= 4 is 29.0 Å². The summed E-state index contributed by atoms with van der Waals surface area (Å²) in [6.45, 7) is 0. The number of rotatable bonds is 3. The van der Waals surface area contributed by atoms with Gasteiger partial charge in [0.25, 0.3) is 5.91 Å². The number of aromatic nitrogens is 2. The fourth-order valence-corrected chi connectivity index (χ4v) is 1.63. The van der Waals surface area contributed by atoms with Crippen LogP contribution >= 0.6 is 11.6 Å². The average Bonchev–Trinajstić information content (AvgIpc) is 2.83. The average molecular weight is 281 g/mol. The van der Waals surface area contributed by atoms with Gasteiger partial charge in [-0.3, -0.25) is 14.9 Å². The van der Waals surface area contributed by atoms with Crippen LogP contribution in [0.1, 0.15) is 10.4 Å². The van der Waals surface area contributed by atoms with Crippen molar-refractivity contribution in [1.82, 2.24) is 9.78 Å². The highest BCUT2D eigenvalue weighted by atomic mass is 35.5. The number of hydrogen-bond donors (Lipinski definition) is 1. The number of nitro groups is 1. The summed E-state index contributed by atoms with van der Waals surface area (Å²) in [5, 5.41) is 17.7. The van der Waals surface area contributed by atoms with Gasteiger partial charge >= 0.3 is 5.69 Å². The molecule has 2 aromatic rings. The summed E-state index contributed by atoms with van der Waals surface area (Å²) in [7, 11) is 1.49. The smallest absolute Gasteiger partial charge is 0.331 e. The molecule has 0 unspecified atom stereocenters. The molecule has 2 rings (SSSR count). The quantitative estimate of drug-likeness (QED) is 0.687. The van der Waals surface area contributed by atoms with Crippen molar-refractivity contribution in [3.8, 4) is 0 Å². The van der Waals surface area contributed by atoms with Gasteiger partial charge in [-0.1, -0.05) is 11.6 Å². The molecule has 1 aromatic carbocycles.